The molecule has 0 saturated heterocycles. The molecule has 0 amide bonds. The van der Waals surface area contributed by atoms with Gasteiger partial charge in [0, 0.05) is 6.54 Å². The summed E-state index contributed by atoms with van der Waals surface area (Å²) in [5, 5.41) is 7.40. The van der Waals surface area contributed by atoms with E-state index in [1.165, 1.54) is 5.69 Å². The molecule has 0 spiro atoms. The molecule has 0 aliphatic carbocycles. The molecule has 1 aromatic rings. The van der Waals surface area contributed by atoms with E-state index in [1.807, 2.05) is 17.9 Å². The predicted molar refractivity (Wildman–Crippen MR) is 57.8 cm³/mol. The molecule has 1 rings (SSSR count). The number of hydrogen-bond acceptors (Lipinski definition) is 2. The molecular weight excluding hydrogens is 230 g/mol. The monoisotopic (exact) mass is 245 g/mol. The highest BCUT2D eigenvalue weighted by Crippen LogP contribution is 2.17. The summed E-state index contributed by atoms with van der Waals surface area (Å²) >= 11 is 3.51. The molecule has 13 heavy (non-hydrogen) atoms. The number of rotatable bonds is 5. The van der Waals surface area contributed by atoms with Crippen LogP contribution < -0.4 is 5.32 Å². The Morgan fingerprint density at radius 1 is 1.62 bits per heavy atom. The molecule has 0 atom stereocenters. The van der Waals surface area contributed by atoms with Gasteiger partial charge in [0.2, 0.25) is 0 Å². The van der Waals surface area contributed by atoms with E-state index in [0.717, 1.165) is 30.4 Å². The summed E-state index contributed by atoms with van der Waals surface area (Å²) < 4.78 is 3.17. The van der Waals surface area contributed by atoms with Gasteiger partial charge in [-0.15, -0.1) is 0 Å². The smallest absolute Gasteiger partial charge is 0.0635 e. The van der Waals surface area contributed by atoms with Gasteiger partial charge in [-0.2, -0.15) is 5.10 Å². The molecule has 4 heteroatoms. The Kier molecular flexibility index (Phi) is 4.45. The van der Waals surface area contributed by atoms with Gasteiger partial charge in [-0.25, -0.2) is 0 Å². The lowest BCUT2D eigenvalue weighted by Gasteiger charge is -2.04. The van der Waals surface area contributed by atoms with Gasteiger partial charge in [-0.05, 0) is 49.3 Å². The highest BCUT2D eigenvalue weighted by atomic mass is 79.9. The quantitative estimate of drug-likeness (QED) is 0.803. The van der Waals surface area contributed by atoms with Crippen LogP contribution in [0.5, 0.6) is 0 Å². The summed E-state index contributed by atoms with van der Waals surface area (Å²) in [6.07, 6.45) is 4.11. The van der Waals surface area contributed by atoms with E-state index in [0.29, 0.717) is 0 Å². The number of aryl methyl sites for hydroxylation is 1. The van der Waals surface area contributed by atoms with Crippen LogP contribution in [0.15, 0.2) is 10.7 Å². The maximum absolute atomic E-state index is 4.26. The van der Waals surface area contributed by atoms with Crippen LogP contribution in [0.3, 0.4) is 0 Å². The summed E-state index contributed by atoms with van der Waals surface area (Å²) in [6, 6.07) is 0. The van der Waals surface area contributed by atoms with E-state index in [9.17, 15) is 0 Å². The summed E-state index contributed by atoms with van der Waals surface area (Å²) in [5.74, 6) is 0. The highest BCUT2D eigenvalue weighted by Gasteiger charge is 2.05. The second-order valence-electron chi connectivity index (χ2n) is 2.96. The van der Waals surface area contributed by atoms with Crippen LogP contribution in [0.25, 0.3) is 0 Å². The fraction of sp³-hybridized carbons (Fsp3) is 0.667. The van der Waals surface area contributed by atoms with Crippen molar-refractivity contribution >= 4 is 15.9 Å². The molecule has 0 radical (unpaired) electrons. The molecule has 0 aliphatic heterocycles. The lowest BCUT2D eigenvalue weighted by molar-refractivity contribution is 0.602. The van der Waals surface area contributed by atoms with Crippen molar-refractivity contribution in [1.82, 2.24) is 15.1 Å². The average Bonchev–Trinajstić information content (AvgIpc) is 2.48. The fourth-order valence-corrected chi connectivity index (χ4v) is 1.84. The van der Waals surface area contributed by atoms with E-state index in [1.54, 1.807) is 0 Å². The first-order valence-electron chi connectivity index (χ1n) is 4.64. The van der Waals surface area contributed by atoms with Gasteiger partial charge in [-0.1, -0.05) is 0 Å². The first kappa shape index (κ1) is 10.7. The predicted octanol–water partition coefficient (Wildman–Crippen LogP) is 1.82. The van der Waals surface area contributed by atoms with Crippen LogP contribution in [0.1, 0.15) is 19.0 Å². The van der Waals surface area contributed by atoms with Crippen molar-refractivity contribution in [2.75, 3.05) is 13.6 Å². The number of aromatic nitrogens is 2. The SMILES string of the molecule is CCn1ncc(Br)c1CCCNC. The molecule has 0 saturated carbocycles. The van der Waals surface area contributed by atoms with Gasteiger partial charge in [0.25, 0.3) is 0 Å². The van der Waals surface area contributed by atoms with Crippen LogP contribution >= 0.6 is 15.9 Å². The minimum absolute atomic E-state index is 0.945. The molecule has 0 aliphatic rings. The standard InChI is InChI=1S/C9H16BrN3/c1-3-13-9(5-4-6-11-2)8(10)7-12-13/h7,11H,3-6H2,1-2H3. The normalized spacial score (nSPS) is 10.7. The molecular formula is C9H16BrN3. The molecule has 0 unspecified atom stereocenters. The lowest BCUT2D eigenvalue weighted by Crippen LogP contribution is -2.10. The minimum Gasteiger partial charge on any atom is -0.320 e. The third-order valence-corrected chi connectivity index (χ3v) is 2.70. The van der Waals surface area contributed by atoms with Crippen molar-refractivity contribution in [3.8, 4) is 0 Å². The third-order valence-electron chi connectivity index (χ3n) is 2.04. The molecule has 3 nitrogen and oxygen atoms in total. The van der Waals surface area contributed by atoms with Gasteiger partial charge in [0.15, 0.2) is 0 Å². The number of nitrogens with zero attached hydrogens (tertiary/aromatic N) is 2. The van der Waals surface area contributed by atoms with Crippen molar-refractivity contribution in [3.63, 3.8) is 0 Å². The molecule has 0 aromatic carbocycles. The second kappa shape index (κ2) is 5.40. The van der Waals surface area contributed by atoms with Crippen LogP contribution in [0.4, 0.5) is 0 Å². The third kappa shape index (κ3) is 2.81. The zero-order chi connectivity index (χ0) is 9.68. The van der Waals surface area contributed by atoms with Crippen LogP contribution in [0.2, 0.25) is 0 Å². The number of hydrogen-bond donors (Lipinski definition) is 1. The maximum atomic E-state index is 4.26. The van der Waals surface area contributed by atoms with Crippen LogP contribution in [-0.2, 0) is 13.0 Å². The summed E-state index contributed by atoms with van der Waals surface area (Å²) in [7, 11) is 1.98. The summed E-state index contributed by atoms with van der Waals surface area (Å²) in [4.78, 5) is 0. The fourth-order valence-electron chi connectivity index (χ4n) is 1.34. The first-order chi connectivity index (χ1) is 6.29. The highest BCUT2D eigenvalue weighted by molar-refractivity contribution is 9.10. The molecule has 1 heterocycles. The van der Waals surface area contributed by atoms with Gasteiger partial charge in [0.1, 0.15) is 0 Å². The van der Waals surface area contributed by atoms with E-state index in [-0.39, 0.29) is 0 Å². The molecule has 74 valence electrons. The molecule has 1 N–H and O–H groups in total. The second-order valence-corrected chi connectivity index (χ2v) is 3.82. The summed E-state index contributed by atoms with van der Waals surface area (Å²) in [5.41, 5.74) is 1.30. The number of nitrogens with one attached hydrogen (secondary N) is 1. The van der Waals surface area contributed by atoms with Crippen molar-refractivity contribution in [2.24, 2.45) is 0 Å². The number of halogens is 1. The van der Waals surface area contributed by atoms with Crippen molar-refractivity contribution in [2.45, 2.75) is 26.3 Å². The Morgan fingerprint density at radius 3 is 3.00 bits per heavy atom. The average molecular weight is 246 g/mol. The molecule has 1 aromatic heterocycles. The zero-order valence-electron chi connectivity index (χ0n) is 8.18. The van der Waals surface area contributed by atoms with E-state index in [4.69, 9.17) is 0 Å². The van der Waals surface area contributed by atoms with Crippen molar-refractivity contribution in [1.29, 1.82) is 0 Å². The Balaban J connectivity index is 2.57. The largest absolute Gasteiger partial charge is 0.320 e. The van der Waals surface area contributed by atoms with Gasteiger partial charge in [-0.3, -0.25) is 4.68 Å². The molecule has 0 fully saturated rings. The minimum atomic E-state index is 0.945. The topological polar surface area (TPSA) is 29.9 Å². The Bertz CT molecular complexity index is 257. The van der Waals surface area contributed by atoms with Gasteiger partial charge in [0.05, 0.1) is 16.4 Å². The zero-order valence-corrected chi connectivity index (χ0v) is 9.76. The van der Waals surface area contributed by atoms with Crippen LogP contribution in [0, 0.1) is 0 Å². The lowest BCUT2D eigenvalue weighted by atomic mass is 10.2. The Morgan fingerprint density at radius 2 is 2.38 bits per heavy atom. The van der Waals surface area contributed by atoms with E-state index < -0.39 is 0 Å². The maximum Gasteiger partial charge on any atom is 0.0635 e. The molecule has 0 bridgehead atoms. The van der Waals surface area contributed by atoms with Crippen LogP contribution in [-0.4, -0.2) is 23.4 Å². The first-order valence-corrected chi connectivity index (χ1v) is 5.43. The van der Waals surface area contributed by atoms with Gasteiger partial charge < -0.3 is 5.32 Å². The van der Waals surface area contributed by atoms with Gasteiger partial charge >= 0.3 is 0 Å². The summed E-state index contributed by atoms with van der Waals surface area (Å²) in [6.45, 7) is 4.11. The van der Waals surface area contributed by atoms with E-state index in [2.05, 4.69) is 33.3 Å². The Labute approximate surface area is 87.6 Å². The van der Waals surface area contributed by atoms with E-state index >= 15 is 0 Å². The van der Waals surface area contributed by atoms with Crippen molar-refractivity contribution < 1.29 is 0 Å². The van der Waals surface area contributed by atoms with Crippen molar-refractivity contribution in [3.05, 3.63) is 16.4 Å². The Hall–Kier alpha value is -0.350.